The van der Waals surface area contributed by atoms with Crippen LogP contribution >= 0.6 is 0 Å². The van der Waals surface area contributed by atoms with Crippen molar-refractivity contribution in [1.29, 1.82) is 0 Å². The van der Waals surface area contributed by atoms with Gasteiger partial charge in [0.1, 0.15) is 0 Å². The van der Waals surface area contributed by atoms with Crippen LogP contribution in [0.4, 0.5) is 11.4 Å². The van der Waals surface area contributed by atoms with Crippen molar-refractivity contribution in [3.63, 3.8) is 0 Å². The largest absolute Gasteiger partial charge is 0.359 e. The van der Waals surface area contributed by atoms with Gasteiger partial charge in [0.2, 0.25) is 5.96 Å². The van der Waals surface area contributed by atoms with Crippen LogP contribution in [0.25, 0.3) is 0 Å². The van der Waals surface area contributed by atoms with E-state index in [4.69, 9.17) is 0 Å². The van der Waals surface area contributed by atoms with Crippen molar-refractivity contribution in [2.75, 3.05) is 19.0 Å². The fourth-order valence-electron chi connectivity index (χ4n) is 1.87. The highest BCUT2D eigenvalue weighted by atomic mass is 15.3. The van der Waals surface area contributed by atoms with Crippen molar-refractivity contribution in [2.45, 2.75) is 0 Å². The summed E-state index contributed by atoms with van der Waals surface area (Å²) in [7, 11) is 3.66. The highest BCUT2D eigenvalue weighted by Gasteiger charge is 2.13. The summed E-state index contributed by atoms with van der Waals surface area (Å²) in [4.78, 5) is 6.37. The highest BCUT2D eigenvalue weighted by Crippen LogP contribution is 2.24. The molecule has 0 saturated heterocycles. The third kappa shape index (κ3) is 2.51. The first-order valence-corrected chi connectivity index (χ1v) is 5.91. The van der Waals surface area contributed by atoms with Gasteiger partial charge in [-0.3, -0.25) is 9.89 Å². The zero-order valence-corrected chi connectivity index (χ0v) is 10.7. The standard InChI is InChI=1S/C15H17N3/c1-16-15(17-2)18(13-9-5-3-6-10-13)14-11-7-4-8-12-14/h3-12H,1-2H3,(H,16,17). The van der Waals surface area contributed by atoms with Gasteiger partial charge in [-0.25, -0.2) is 0 Å². The van der Waals surface area contributed by atoms with Crippen LogP contribution in [0.2, 0.25) is 0 Å². The maximum Gasteiger partial charge on any atom is 0.202 e. The fourth-order valence-corrected chi connectivity index (χ4v) is 1.87. The van der Waals surface area contributed by atoms with Gasteiger partial charge in [-0.2, -0.15) is 0 Å². The van der Waals surface area contributed by atoms with Gasteiger partial charge in [-0.05, 0) is 24.3 Å². The lowest BCUT2D eigenvalue weighted by Gasteiger charge is -2.25. The predicted molar refractivity (Wildman–Crippen MR) is 77.4 cm³/mol. The van der Waals surface area contributed by atoms with E-state index in [1.165, 1.54) is 0 Å². The van der Waals surface area contributed by atoms with Crippen LogP contribution in [0.1, 0.15) is 0 Å². The van der Waals surface area contributed by atoms with Gasteiger partial charge in [-0.1, -0.05) is 36.4 Å². The molecule has 92 valence electrons. The Hall–Kier alpha value is -2.29. The third-order valence-electron chi connectivity index (χ3n) is 2.68. The van der Waals surface area contributed by atoms with Gasteiger partial charge in [0.15, 0.2) is 0 Å². The monoisotopic (exact) mass is 239 g/mol. The van der Waals surface area contributed by atoms with Crippen molar-refractivity contribution in [1.82, 2.24) is 5.32 Å². The van der Waals surface area contributed by atoms with Gasteiger partial charge in [0.05, 0.1) is 0 Å². The number of aliphatic imine (C=N–C) groups is 1. The van der Waals surface area contributed by atoms with Crippen LogP contribution < -0.4 is 10.2 Å². The molecular formula is C15H17N3. The Morgan fingerprint density at radius 2 is 1.33 bits per heavy atom. The topological polar surface area (TPSA) is 27.6 Å². The zero-order valence-electron chi connectivity index (χ0n) is 10.7. The van der Waals surface area contributed by atoms with E-state index in [0.29, 0.717) is 0 Å². The van der Waals surface area contributed by atoms with Crippen molar-refractivity contribution < 1.29 is 0 Å². The summed E-state index contributed by atoms with van der Waals surface area (Å²) >= 11 is 0. The van der Waals surface area contributed by atoms with E-state index in [2.05, 4.69) is 39.5 Å². The maximum atomic E-state index is 4.29. The molecule has 0 saturated carbocycles. The molecule has 2 aromatic rings. The van der Waals surface area contributed by atoms with Crippen LogP contribution in [-0.4, -0.2) is 20.1 Å². The molecule has 0 aliphatic rings. The second-order valence-corrected chi connectivity index (χ2v) is 3.80. The van der Waals surface area contributed by atoms with E-state index in [0.717, 1.165) is 17.3 Å². The van der Waals surface area contributed by atoms with Crippen LogP contribution in [-0.2, 0) is 0 Å². The predicted octanol–water partition coefficient (Wildman–Crippen LogP) is 3.03. The van der Waals surface area contributed by atoms with Gasteiger partial charge in [0.25, 0.3) is 0 Å². The minimum atomic E-state index is 0.812. The Morgan fingerprint density at radius 1 is 0.889 bits per heavy atom. The Balaban J connectivity index is 2.48. The molecule has 2 rings (SSSR count). The normalized spacial score (nSPS) is 11.1. The summed E-state index contributed by atoms with van der Waals surface area (Å²) in [6.45, 7) is 0. The molecule has 0 spiro atoms. The minimum absolute atomic E-state index is 0.812. The number of anilines is 2. The van der Waals surface area contributed by atoms with E-state index in [9.17, 15) is 0 Å². The summed E-state index contributed by atoms with van der Waals surface area (Å²) in [6, 6.07) is 20.4. The first-order chi connectivity index (χ1) is 8.86. The Kier molecular flexibility index (Phi) is 3.97. The maximum absolute atomic E-state index is 4.29. The molecule has 0 aliphatic carbocycles. The average Bonchev–Trinajstić information content (AvgIpc) is 2.46. The Bertz CT molecular complexity index is 466. The number of hydrogen-bond acceptors (Lipinski definition) is 1. The number of nitrogens with one attached hydrogen (secondary N) is 1. The summed E-state index contributed by atoms with van der Waals surface area (Å²) in [5.74, 6) is 0.812. The van der Waals surface area contributed by atoms with Crippen molar-refractivity contribution in [2.24, 2.45) is 4.99 Å². The van der Waals surface area contributed by atoms with Crippen LogP contribution in [0.3, 0.4) is 0 Å². The second-order valence-electron chi connectivity index (χ2n) is 3.80. The number of rotatable bonds is 2. The molecule has 3 heteroatoms. The lowest BCUT2D eigenvalue weighted by molar-refractivity contribution is 1.09. The average molecular weight is 239 g/mol. The first kappa shape index (κ1) is 12.2. The van der Waals surface area contributed by atoms with E-state index >= 15 is 0 Å². The molecule has 2 aromatic carbocycles. The van der Waals surface area contributed by atoms with E-state index in [1.807, 2.05) is 43.4 Å². The molecule has 1 N–H and O–H groups in total. The molecule has 0 fully saturated rings. The molecule has 0 bridgehead atoms. The molecule has 3 nitrogen and oxygen atoms in total. The molecule has 0 amide bonds. The van der Waals surface area contributed by atoms with Crippen molar-refractivity contribution in [3.8, 4) is 0 Å². The molecule has 0 aromatic heterocycles. The molecule has 0 unspecified atom stereocenters. The molecular weight excluding hydrogens is 222 g/mol. The minimum Gasteiger partial charge on any atom is -0.359 e. The summed E-state index contributed by atoms with van der Waals surface area (Å²) in [5, 5.41) is 3.12. The first-order valence-electron chi connectivity index (χ1n) is 5.91. The molecule has 0 atom stereocenters. The molecule has 18 heavy (non-hydrogen) atoms. The van der Waals surface area contributed by atoms with Gasteiger partial charge in [0, 0.05) is 25.5 Å². The summed E-state index contributed by atoms with van der Waals surface area (Å²) in [5.41, 5.74) is 2.16. The lowest BCUT2D eigenvalue weighted by Crippen LogP contribution is -2.36. The van der Waals surface area contributed by atoms with E-state index in [-0.39, 0.29) is 0 Å². The second kappa shape index (κ2) is 5.87. The number of guanidine groups is 1. The molecule has 0 radical (unpaired) electrons. The number of benzene rings is 2. The van der Waals surface area contributed by atoms with Crippen molar-refractivity contribution in [3.05, 3.63) is 60.7 Å². The van der Waals surface area contributed by atoms with Crippen LogP contribution in [0.5, 0.6) is 0 Å². The van der Waals surface area contributed by atoms with Crippen molar-refractivity contribution >= 4 is 17.3 Å². The molecule has 0 aliphatic heterocycles. The zero-order chi connectivity index (χ0) is 12.8. The Labute approximate surface area is 108 Å². The van der Waals surface area contributed by atoms with Crippen LogP contribution in [0, 0.1) is 0 Å². The highest BCUT2D eigenvalue weighted by molar-refractivity contribution is 6.02. The quantitative estimate of drug-likeness (QED) is 0.644. The number of nitrogens with zero attached hydrogens (tertiary/aromatic N) is 2. The molecule has 0 heterocycles. The van der Waals surface area contributed by atoms with Gasteiger partial charge in [-0.15, -0.1) is 0 Å². The number of hydrogen-bond donors (Lipinski definition) is 1. The smallest absolute Gasteiger partial charge is 0.202 e. The lowest BCUT2D eigenvalue weighted by atomic mass is 10.2. The SMILES string of the molecule is CN=C(NC)N(c1ccccc1)c1ccccc1. The summed E-state index contributed by atoms with van der Waals surface area (Å²) < 4.78 is 0. The van der Waals surface area contributed by atoms with Gasteiger partial charge >= 0.3 is 0 Å². The third-order valence-corrected chi connectivity index (χ3v) is 2.68. The van der Waals surface area contributed by atoms with Crippen LogP contribution in [0.15, 0.2) is 65.7 Å². The van der Waals surface area contributed by atoms with E-state index < -0.39 is 0 Å². The van der Waals surface area contributed by atoms with E-state index in [1.54, 1.807) is 7.05 Å². The Morgan fingerprint density at radius 3 is 1.67 bits per heavy atom. The fraction of sp³-hybridized carbons (Fsp3) is 0.133. The number of para-hydroxylation sites is 2. The van der Waals surface area contributed by atoms with Gasteiger partial charge < -0.3 is 5.32 Å². The summed E-state index contributed by atoms with van der Waals surface area (Å²) in [6.07, 6.45) is 0.